The minimum absolute atomic E-state index is 0.0492. The summed E-state index contributed by atoms with van der Waals surface area (Å²) in [5, 5.41) is 10.3. The van der Waals surface area contributed by atoms with Gasteiger partial charge in [0.15, 0.2) is 0 Å². The Kier molecular flexibility index (Phi) is 4.58. The highest BCUT2D eigenvalue weighted by Gasteiger charge is 2.26. The van der Waals surface area contributed by atoms with Gasteiger partial charge in [0.25, 0.3) is 12.3 Å². The predicted molar refractivity (Wildman–Crippen MR) is 112 cm³/mol. The van der Waals surface area contributed by atoms with Gasteiger partial charge in [-0.15, -0.1) is 0 Å². The lowest BCUT2D eigenvalue weighted by atomic mass is 10.1. The summed E-state index contributed by atoms with van der Waals surface area (Å²) in [7, 11) is 0. The summed E-state index contributed by atoms with van der Waals surface area (Å²) in [6.07, 6.45) is -2.78. The van der Waals surface area contributed by atoms with Crippen LogP contribution in [0.4, 0.5) is 26.1 Å². The smallest absolute Gasteiger partial charge is 0.289 e. The predicted octanol–water partition coefficient (Wildman–Crippen LogP) is 4.65. The van der Waals surface area contributed by atoms with Crippen molar-refractivity contribution in [3.8, 4) is 0 Å². The maximum atomic E-state index is 13.0. The van der Waals surface area contributed by atoms with E-state index in [0.29, 0.717) is 29.1 Å². The van der Waals surface area contributed by atoms with Crippen LogP contribution < -0.4 is 16.0 Å². The number of nitrogens with one attached hydrogen (secondary N) is 3. The molecule has 0 unspecified atom stereocenters. The third-order valence-electron chi connectivity index (χ3n) is 4.89. The molecule has 0 fully saturated rings. The minimum Gasteiger partial charge on any atom is -0.449 e. The molecule has 5 rings (SSSR count). The first-order valence-electron chi connectivity index (χ1n) is 9.39. The number of fused-ring (bicyclic) bond motifs is 5. The number of furan rings is 1. The average Bonchev–Trinajstić information content (AvgIpc) is 3.04. The van der Waals surface area contributed by atoms with E-state index in [1.165, 1.54) is 0 Å². The second-order valence-corrected chi connectivity index (χ2v) is 7.47. The van der Waals surface area contributed by atoms with Crippen LogP contribution in [0, 0.1) is 0 Å². The summed E-state index contributed by atoms with van der Waals surface area (Å²) in [4.78, 5) is 24.4. The first-order chi connectivity index (χ1) is 14.9. The van der Waals surface area contributed by atoms with Gasteiger partial charge in [-0.05, 0) is 42.8 Å². The quantitative estimate of drug-likeness (QED) is 0.395. The Bertz CT molecular complexity index is 1340. The van der Waals surface area contributed by atoms with E-state index in [9.17, 15) is 13.6 Å². The Balaban J connectivity index is 1.57. The van der Waals surface area contributed by atoms with Crippen LogP contribution in [0.15, 0.2) is 34.7 Å². The number of nitrogens with zero attached hydrogens (tertiary/aromatic N) is 3. The van der Waals surface area contributed by atoms with Gasteiger partial charge in [0.1, 0.15) is 22.9 Å². The molecule has 4 aromatic rings. The van der Waals surface area contributed by atoms with E-state index < -0.39 is 12.1 Å². The Morgan fingerprint density at radius 1 is 1.19 bits per heavy atom. The highest BCUT2D eigenvalue weighted by Crippen LogP contribution is 2.37. The van der Waals surface area contributed by atoms with Crippen molar-refractivity contribution in [2.45, 2.75) is 19.4 Å². The number of amides is 1. The van der Waals surface area contributed by atoms with Crippen LogP contribution in [0.3, 0.4) is 0 Å². The lowest BCUT2D eigenvalue weighted by Crippen LogP contribution is -2.34. The molecule has 31 heavy (non-hydrogen) atoms. The van der Waals surface area contributed by atoms with E-state index in [1.54, 1.807) is 18.2 Å². The zero-order chi connectivity index (χ0) is 21.7. The van der Waals surface area contributed by atoms with Crippen LogP contribution in [-0.4, -0.2) is 33.4 Å². The second kappa shape index (κ2) is 7.31. The Hall–Kier alpha value is -3.53. The summed E-state index contributed by atoms with van der Waals surface area (Å²) < 4.78 is 31.7. The zero-order valence-corrected chi connectivity index (χ0v) is 16.8. The number of hydrogen-bond acceptors (Lipinski definition) is 7. The molecule has 0 saturated carbocycles. The number of rotatable bonds is 3. The van der Waals surface area contributed by atoms with Crippen molar-refractivity contribution in [2.24, 2.45) is 0 Å². The molecule has 1 aromatic carbocycles. The van der Waals surface area contributed by atoms with Crippen LogP contribution in [0.5, 0.6) is 0 Å². The molecule has 1 aliphatic heterocycles. The molecular weight excluding hydrogens is 430 g/mol. The van der Waals surface area contributed by atoms with Crippen molar-refractivity contribution in [1.29, 1.82) is 0 Å². The highest BCUT2D eigenvalue weighted by atomic mass is 35.5. The number of pyridine rings is 1. The van der Waals surface area contributed by atoms with Crippen LogP contribution in [0.2, 0.25) is 5.28 Å². The standard InChI is InChI=1S/C20H15ClF2N6O2/c1-8-7-24-16-15-9-2-5-13(28-14-6-11(18(22)23)27-20(21)29-14)26-10(9)3-4-12(15)31-17(16)19(30)25-8/h2-6,8,18,24H,7H2,1H3,(H,25,30)(H,26,27,28,29)/t8-/m1/s1. The fourth-order valence-corrected chi connectivity index (χ4v) is 3.73. The van der Waals surface area contributed by atoms with E-state index in [0.717, 1.165) is 16.8 Å². The van der Waals surface area contributed by atoms with Crippen molar-refractivity contribution in [3.05, 3.63) is 47.1 Å². The van der Waals surface area contributed by atoms with Crippen molar-refractivity contribution in [1.82, 2.24) is 20.3 Å². The van der Waals surface area contributed by atoms with Gasteiger partial charge in [-0.2, -0.15) is 0 Å². The monoisotopic (exact) mass is 444 g/mol. The molecule has 11 heteroatoms. The van der Waals surface area contributed by atoms with Gasteiger partial charge in [-0.25, -0.2) is 23.7 Å². The van der Waals surface area contributed by atoms with E-state index >= 15 is 0 Å². The summed E-state index contributed by atoms with van der Waals surface area (Å²) in [6.45, 7) is 2.45. The topological polar surface area (TPSA) is 105 Å². The lowest BCUT2D eigenvalue weighted by molar-refractivity contribution is 0.0920. The molecule has 3 aromatic heterocycles. The van der Waals surface area contributed by atoms with E-state index in [1.807, 2.05) is 13.0 Å². The average molecular weight is 445 g/mol. The molecule has 1 atom stereocenters. The van der Waals surface area contributed by atoms with Crippen LogP contribution in [-0.2, 0) is 0 Å². The summed E-state index contributed by atoms with van der Waals surface area (Å²) in [6, 6.07) is 8.05. The van der Waals surface area contributed by atoms with E-state index in [-0.39, 0.29) is 28.8 Å². The number of benzene rings is 1. The van der Waals surface area contributed by atoms with Crippen LogP contribution in [0.25, 0.3) is 21.9 Å². The van der Waals surface area contributed by atoms with Crippen molar-refractivity contribution in [3.63, 3.8) is 0 Å². The maximum Gasteiger partial charge on any atom is 0.289 e. The molecule has 1 amide bonds. The van der Waals surface area contributed by atoms with E-state index in [2.05, 4.69) is 30.9 Å². The molecule has 3 N–H and O–H groups in total. The Morgan fingerprint density at radius 3 is 2.84 bits per heavy atom. The van der Waals surface area contributed by atoms with Crippen molar-refractivity contribution >= 4 is 56.7 Å². The van der Waals surface area contributed by atoms with Crippen LogP contribution >= 0.6 is 11.6 Å². The number of carbonyl (C=O) groups is 1. The molecular formula is C20H15ClF2N6O2. The minimum atomic E-state index is -2.78. The summed E-state index contributed by atoms with van der Waals surface area (Å²) in [5.41, 5.74) is 1.31. The second-order valence-electron chi connectivity index (χ2n) is 7.14. The SMILES string of the molecule is C[C@@H]1CNc2c(oc3ccc4nc(Nc5cc(C(F)F)nc(Cl)n5)ccc4c23)C(=O)N1. The first-order valence-corrected chi connectivity index (χ1v) is 9.77. The number of carbonyl (C=O) groups excluding carboxylic acids is 1. The maximum absolute atomic E-state index is 13.0. The number of alkyl halides is 2. The Morgan fingerprint density at radius 2 is 2.03 bits per heavy atom. The normalized spacial score (nSPS) is 16.2. The number of aromatic nitrogens is 3. The van der Waals surface area contributed by atoms with Gasteiger partial charge in [-0.1, -0.05) is 0 Å². The number of halogens is 3. The molecule has 8 nitrogen and oxygen atoms in total. The van der Waals surface area contributed by atoms with Gasteiger partial charge in [0.2, 0.25) is 11.0 Å². The Labute approximate surface area is 179 Å². The van der Waals surface area contributed by atoms with Gasteiger partial charge >= 0.3 is 0 Å². The molecule has 4 heterocycles. The molecule has 0 radical (unpaired) electrons. The molecule has 0 bridgehead atoms. The lowest BCUT2D eigenvalue weighted by Gasteiger charge is -2.10. The third-order valence-corrected chi connectivity index (χ3v) is 5.06. The molecule has 158 valence electrons. The first kappa shape index (κ1) is 19.4. The van der Waals surface area contributed by atoms with Gasteiger partial charge in [-0.3, -0.25) is 4.79 Å². The number of hydrogen-bond donors (Lipinski definition) is 3. The van der Waals surface area contributed by atoms with Gasteiger partial charge < -0.3 is 20.4 Å². The number of anilines is 3. The van der Waals surface area contributed by atoms with Gasteiger partial charge in [0, 0.05) is 24.0 Å². The van der Waals surface area contributed by atoms with Crippen molar-refractivity contribution < 1.29 is 18.0 Å². The zero-order valence-electron chi connectivity index (χ0n) is 16.0. The largest absolute Gasteiger partial charge is 0.449 e. The van der Waals surface area contributed by atoms with Crippen LogP contribution in [0.1, 0.15) is 29.6 Å². The van der Waals surface area contributed by atoms with E-state index in [4.69, 9.17) is 16.0 Å². The molecule has 1 aliphatic rings. The molecule has 0 saturated heterocycles. The summed E-state index contributed by atoms with van der Waals surface area (Å²) in [5.74, 6) is 0.436. The fourth-order valence-electron chi connectivity index (χ4n) is 3.54. The highest BCUT2D eigenvalue weighted by molar-refractivity contribution is 6.28. The molecule has 0 aliphatic carbocycles. The molecule has 0 spiro atoms. The fraction of sp³-hybridized carbons (Fsp3) is 0.200. The van der Waals surface area contributed by atoms with Gasteiger partial charge in [0.05, 0.1) is 16.6 Å². The van der Waals surface area contributed by atoms with Crippen molar-refractivity contribution in [2.75, 3.05) is 17.2 Å². The summed E-state index contributed by atoms with van der Waals surface area (Å²) >= 11 is 5.75. The third kappa shape index (κ3) is 3.48.